The average molecular weight is 401 g/mol. The zero-order chi connectivity index (χ0) is 18.0. The molecule has 10 heteroatoms. The molecule has 3 heterocycles. The molecule has 0 spiro atoms. The topological polar surface area (TPSA) is 96.0 Å². The van der Waals surface area contributed by atoms with Crippen LogP contribution < -0.4 is 0 Å². The van der Waals surface area contributed by atoms with Gasteiger partial charge in [0.25, 0.3) is 0 Å². The highest BCUT2D eigenvalue weighted by atomic mass is 32.2. The monoisotopic (exact) mass is 400 g/mol. The predicted molar refractivity (Wildman–Crippen MR) is 99.5 cm³/mol. The van der Waals surface area contributed by atoms with Crippen molar-refractivity contribution in [2.75, 3.05) is 18.1 Å². The van der Waals surface area contributed by atoms with E-state index in [-0.39, 0.29) is 28.7 Å². The number of amides is 1. The molecule has 1 aliphatic heterocycles. The third kappa shape index (κ3) is 4.24. The number of rotatable bonds is 6. The Morgan fingerprint density at radius 2 is 2.36 bits per heavy atom. The summed E-state index contributed by atoms with van der Waals surface area (Å²) in [6.45, 7) is 4.18. The molecule has 1 fully saturated rings. The van der Waals surface area contributed by atoms with Crippen LogP contribution in [0.2, 0.25) is 0 Å². The Balaban J connectivity index is 1.65. The van der Waals surface area contributed by atoms with Gasteiger partial charge in [-0.2, -0.15) is 0 Å². The molecule has 0 aromatic carbocycles. The maximum atomic E-state index is 12.8. The summed E-state index contributed by atoms with van der Waals surface area (Å²) in [4.78, 5) is 19.8. The van der Waals surface area contributed by atoms with Crippen molar-refractivity contribution in [2.24, 2.45) is 0 Å². The number of thiophene rings is 1. The van der Waals surface area contributed by atoms with E-state index >= 15 is 0 Å². The number of nitrogens with zero attached hydrogens (tertiary/aromatic N) is 3. The third-order valence-corrected chi connectivity index (χ3v) is 7.70. The van der Waals surface area contributed by atoms with Gasteiger partial charge in [0, 0.05) is 12.6 Å². The Hall–Kier alpha value is -1.39. The zero-order valence-electron chi connectivity index (χ0n) is 14.0. The smallest absolute Gasteiger partial charge is 0.236 e. The van der Waals surface area contributed by atoms with Crippen molar-refractivity contribution in [3.05, 3.63) is 17.5 Å². The van der Waals surface area contributed by atoms with Crippen molar-refractivity contribution in [1.82, 2.24) is 20.1 Å². The van der Waals surface area contributed by atoms with Crippen LogP contribution in [0.5, 0.6) is 0 Å². The highest BCUT2D eigenvalue weighted by molar-refractivity contribution is 8.00. The standard InChI is InChI=1S/C15H20N4O3S3/c1-3-19(11-6-8-25(21,22)9-11)14(20)10(2)24-15-16-13(17-18-15)12-5-4-7-23-12/h4-5,7,10-11H,3,6,8-9H2,1-2H3,(H,16,17,18)/t10-,11+/m0/s1. The van der Waals surface area contributed by atoms with Crippen molar-refractivity contribution < 1.29 is 13.2 Å². The van der Waals surface area contributed by atoms with Crippen molar-refractivity contribution in [3.63, 3.8) is 0 Å². The van der Waals surface area contributed by atoms with Gasteiger partial charge in [-0.25, -0.2) is 13.4 Å². The summed E-state index contributed by atoms with van der Waals surface area (Å²) in [5.41, 5.74) is 0. The summed E-state index contributed by atoms with van der Waals surface area (Å²) in [7, 11) is -3.02. The lowest BCUT2D eigenvalue weighted by Gasteiger charge is -2.29. The van der Waals surface area contributed by atoms with Crippen LogP contribution in [0.3, 0.4) is 0 Å². The van der Waals surface area contributed by atoms with E-state index in [4.69, 9.17) is 0 Å². The molecule has 1 amide bonds. The molecule has 7 nitrogen and oxygen atoms in total. The highest BCUT2D eigenvalue weighted by Crippen LogP contribution is 2.27. The Kier molecular flexibility index (Phi) is 5.49. The molecule has 1 N–H and O–H groups in total. The van der Waals surface area contributed by atoms with Crippen LogP contribution in [0.25, 0.3) is 10.7 Å². The number of carbonyl (C=O) groups excluding carboxylic acids is 1. The van der Waals surface area contributed by atoms with Crippen molar-refractivity contribution >= 4 is 38.8 Å². The zero-order valence-corrected chi connectivity index (χ0v) is 16.5. The van der Waals surface area contributed by atoms with Crippen LogP contribution in [0.15, 0.2) is 22.7 Å². The molecule has 3 rings (SSSR count). The van der Waals surface area contributed by atoms with Crippen LogP contribution in [-0.4, -0.2) is 63.7 Å². The minimum atomic E-state index is -3.02. The van der Waals surface area contributed by atoms with Gasteiger partial charge >= 0.3 is 0 Å². The summed E-state index contributed by atoms with van der Waals surface area (Å²) < 4.78 is 23.4. The maximum Gasteiger partial charge on any atom is 0.236 e. The second kappa shape index (κ2) is 7.46. The minimum Gasteiger partial charge on any atom is -0.338 e. The SMILES string of the molecule is CCN(C(=O)[C@H](C)Sc1n[nH]c(-c2cccs2)n1)[C@@H]1CCS(=O)(=O)C1. The first-order valence-electron chi connectivity index (χ1n) is 8.03. The lowest BCUT2D eigenvalue weighted by molar-refractivity contribution is -0.131. The lowest BCUT2D eigenvalue weighted by atomic mass is 10.2. The van der Waals surface area contributed by atoms with Gasteiger partial charge in [-0.15, -0.1) is 16.4 Å². The summed E-state index contributed by atoms with van der Waals surface area (Å²) >= 11 is 2.85. The number of H-pyrrole nitrogens is 1. The number of carbonyl (C=O) groups is 1. The van der Waals surface area contributed by atoms with Crippen LogP contribution in [0.1, 0.15) is 20.3 Å². The molecule has 0 saturated carbocycles. The van der Waals surface area contributed by atoms with Gasteiger partial charge < -0.3 is 4.90 Å². The molecular weight excluding hydrogens is 380 g/mol. The van der Waals surface area contributed by atoms with E-state index in [0.29, 0.717) is 23.9 Å². The fourth-order valence-corrected chi connectivity index (χ4v) is 6.07. The number of aromatic nitrogens is 3. The molecule has 136 valence electrons. The molecule has 0 aliphatic carbocycles. The Bertz CT molecular complexity index is 832. The van der Waals surface area contributed by atoms with E-state index < -0.39 is 9.84 Å². The fraction of sp³-hybridized carbons (Fsp3) is 0.533. The van der Waals surface area contributed by atoms with Gasteiger partial charge in [-0.05, 0) is 31.7 Å². The summed E-state index contributed by atoms with van der Waals surface area (Å²) in [6.07, 6.45) is 0.516. The molecule has 2 aromatic rings. The molecular formula is C15H20N4O3S3. The van der Waals surface area contributed by atoms with E-state index in [2.05, 4.69) is 15.2 Å². The first-order chi connectivity index (χ1) is 11.9. The van der Waals surface area contributed by atoms with Gasteiger partial charge in [0.15, 0.2) is 15.7 Å². The summed E-state index contributed by atoms with van der Waals surface area (Å²) in [5.74, 6) is 0.838. The number of sulfone groups is 1. The van der Waals surface area contributed by atoms with Crippen molar-refractivity contribution in [2.45, 2.75) is 36.7 Å². The van der Waals surface area contributed by atoms with E-state index in [1.165, 1.54) is 11.8 Å². The molecule has 0 radical (unpaired) electrons. The Morgan fingerprint density at radius 3 is 2.96 bits per heavy atom. The Labute approximate surface area is 155 Å². The molecule has 0 unspecified atom stereocenters. The first kappa shape index (κ1) is 18.4. The van der Waals surface area contributed by atoms with Crippen molar-refractivity contribution in [3.8, 4) is 10.7 Å². The van der Waals surface area contributed by atoms with Crippen molar-refractivity contribution in [1.29, 1.82) is 0 Å². The van der Waals surface area contributed by atoms with Crippen LogP contribution >= 0.6 is 23.1 Å². The third-order valence-electron chi connectivity index (χ3n) is 4.12. The highest BCUT2D eigenvalue weighted by Gasteiger charge is 2.35. The molecule has 2 atom stereocenters. The van der Waals surface area contributed by atoms with E-state index in [9.17, 15) is 13.2 Å². The number of hydrogen-bond acceptors (Lipinski definition) is 7. The van der Waals surface area contributed by atoms with E-state index in [0.717, 1.165) is 4.88 Å². The predicted octanol–water partition coefficient (Wildman–Crippen LogP) is 2.05. The molecule has 2 aromatic heterocycles. The Morgan fingerprint density at radius 1 is 1.56 bits per heavy atom. The quantitative estimate of drug-likeness (QED) is 0.746. The van der Waals surface area contributed by atoms with Crippen LogP contribution in [0.4, 0.5) is 0 Å². The number of hydrogen-bond donors (Lipinski definition) is 1. The van der Waals surface area contributed by atoms with E-state index in [1.54, 1.807) is 23.2 Å². The maximum absolute atomic E-state index is 12.8. The largest absolute Gasteiger partial charge is 0.338 e. The van der Waals surface area contributed by atoms with Gasteiger partial charge in [0.05, 0.1) is 21.6 Å². The van der Waals surface area contributed by atoms with Crippen LogP contribution in [-0.2, 0) is 14.6 Å². The average Bonchev–Trinajstić information content (AvgIpc) is 3.28. The van der Waals surface area contributed by atoms with Gasteiger partial charge in [0.1, 0.15) is 0 Å². The van der Waals surface area contributed by atoms with E-state index in [1.807, 2.05) is 24.4 Å². The number of thioether (sulfide) groups is 1. The summed E-state index contributed by atoms with van der Waals surface area (Å²) in [5, 5.41) is 9.15. The second-order valence-electron chi connectivity index (χ2n) is 5.89. The molecule has 0 bridgehead atoms. The second-order valence-corrected chi connectivity index (χ2v) is 10.4. The van der Waals surface area contributed by atoms with Gasteiger partial charge in [0.2, 0.25) is 11.1 Å². The van der Waals surface area contributed by atoms with Gasteiger partial charge in [-0.1, -0.05) is 17.8 Å². The molecule has 1 aliphatic rings. The van der Waals surface area contributed by atoms with Crippen LogP contribution in [0, 0.1) is 0 Å². The fourth-order valence-electron chi connectivity index (χ4n) is 2.88. The minimum absolute atomic E-state index is 0.0626. The number of aromatic amines is 1. The summed E-state index contributed by atoms with van der Waals surface area (Å²) in [6, 6.07) is 3.67. The normalized spacial score (nSPS) is 20.5. The first-order valence-corrected chi connectivity index (χ1v) is 11.6. The molecule has 1 saturated heterocycles. The molecule has 25 heavy (non-hydrogen) atoms. The number of nitrogens with one attached hydrogen (secondary N) is 1. The van der Waals surface area contributed by atoms with Gasteiger partial charge in [-0.3, -0.25) is 9.89 Å². The lowest BCUT2D eigenvalue weighted by Crippen LogP contribution is -2.44.